The van der Waals surface area contributed by atoms with Crippen molar-refractivity contribution in [1.29, 1.82) is 0 Å². The van der Waals surface area contributed by atoms with Gasteiger partial charge in [0.25, 0.3) is 0 Å². The zero-order valence-corrected chi connectivity index (χ0v) is 12.5. The molecular weight excluding hydrogens is 232 g/mol. The molecule has 1 unspecified atom stereocenters. The van der Waals surface area contributed by atoms with Crippen LogP contribution in [0.25, 0.3) is 0 Å². The Morgan fingerprint density at radius 1 is 1.05 bits per heavy atom. The fourth-order valence-corrected chi connectivity index (χ4v) is 3.03. The molecule has 1 aliphatic rings. The van der Waals surface area contributed by atoms with Crippen molar-refractivity contribution < 1.29 is 0 Å². The van der Waals surface area contributed by atoms with E-state index in [4.69, 9.17) is 5.73 Å². The van der Waals surface area contributed by atoms with Crippen molar-refractivity contribution in [2.75, 3.05) is 19.6 Å². The van der Waals surface area contributed by atoms with Gasteiger partial charge in [-0.25, -0.2) is 0 Å². The van der Waals surface area contributed by atoms with Crippen molar-refractivity contribution in [2.24, 2.45) is 5.73 Å². The molecule has 1 aliphatic heterocycles. The molecule has 1 heterocycles. The molecule has 0 bridgehead atoms. The Hall–Kier alpha value is -0.860. The second kappa shape index (κ2) is 7.06. The monoisotopic (exact) mass is 260 g/mol. The van der Waals surface area contributed by atoms with Gasteiger partial charge >= 0.3 is 0 Å². The summed E-state index contributed by atoms with van der Waals surface area (Å²) in [6.45, 7) is 7.76. The highest BCUT2D eigenvalue weighted by atomic mass is 15.1. The van der Waals surface area contributed by atoms with E-state index in [1.807, 2.05) is 0 Å². The van der Waals surface area contributed by atoms with Crippen LogP contribution in [-0.4, -0.2) is 24.5 Å². The summed E-state index contributed by atoms with van der Waals surface area (Å²) in [5.41, 5.74) is 10.4. The Kier molecular flexibility index (Phi) is 5.41. The van der Waals surface area contributed by atoms with Crippen LogP contribution in [0.15, 0.2) is 18.2 Å². The van der Waals surface area contributed by atoms with Gasteiger partial charge in [0.05, 0.1) is 0 Å². The van der Waals surface area contributed by atoms with Crippen molar-refractivity contribution in [3.05, 3.63) is 34.9 Å². The van der Waals surface area contributed by atoms with Crippen LogP contribution < -0.4 is 5.73 Å². The lowest BCUT2D eigenvalue weighted by Crippen LogP contribution is -2.34. The van der Waals surface area contributed by atoms with E-state index in [1.54, 1.807) is 0 Å². The fraction of sp³-hybridized carbons (Fsp3) is 0.647. The van der Waals surface area contributed by atoms with Crippen molar-refractivity contribution in [3.63, 3.8) is 0 Å². The molecule has 1 saturated heterocycles. The number of benzene rings is 1. The number of nitrogens with two attached hydrogens (primary N) is 1. The van der Waals surface area contributed by atoms with Gasteiger partial charge in [0.15, 0.2) is 0 Å². The van der Waals surface area contributed by atoms with E-state index in [-0.39, 0.29) is 6.04 Å². The van der Waals surface area contributed by atoms with Gasteiger partial charge in [-0.1, -0.05) is 43.0 Å². The molecule has 0 radical (unpaired) electrons. The highest BCUT2D eigenvalue weighted by molar-refractivity contribution is 5.33. The van der Waals surface area contributed by atoms with Crippen LogP contribution in [0.1, 0.15) is 54.8 Å². The van der Waals surface area contributed by atoms with Crippen molar-refractivity contribution in [2.45, 2.75) is 52.0 Å². The Balaban J connectivity index is 1.98. The first kappa shape index (κ1) is 14.5. The molecule has 0 aromatic heterocycles. The average Bonchev–Trinajstić information content (AvgIpc) is 2.35. The van der Waals surface area contributed by atoms with E-state index in [1.165, 1.54) is 61.9 Å². The molecular formula is C17H28N2. The average molecular weight is 260 g/mol. The molecule has 0 amide bonds. The minimum atomic E-state index is 0.152. The van der Waals surface area contributed by atoms with Crippen LogP contribution in [0, 0.1) is 13.8 Å². The molecule has 1 aromatic carbocycles. The number of hydrogen-bond donors (Lipinski definition) is 1. The predicted octanol–water partition coefficient (Wildman–Crippen LogP) is 3.57. The smallest absolute Gasteiger partial charge is 0.0427 e. The quantitative estimate of drug-likeness (QED) is 0.900. The molecule has 0 saturated carbocycles. The first-order valence-electron chi connectivity index (χ1n) is 7.72. The summed E-state index contributed by atoms with van der Waals surface area (Å²) in [6.07, 6.45) is 6.85. The Morgan fingerprint density at radius 3 is 2.37 bits per heavy atom. The topological polar surface area (TPSA) is 29.3 Å². The lowest BCUT2D eigenvalue weighted by Gasteiger charge is -2.28. The highest BCUT2D eigenvalue weighted by Gasteiger charge is 2.15. The highest BCUT2D eigenvalue weighted by Crippen LogP contribution is 2.20. The lowest BCUT2D eigenvalue weighted by atomic mass is 9.98. The van der Waals surface area contributed by atoms with Crippen LogP contribution in [0.4, 0.5) is 0 Å². The van der Waals surface area contributed by atoms with Crippen LogP contribution in [0.5, 0.6) is 0 Å². The summed E-state index contributed by atoms with van der Waals surface area (Å²) < 4.78 is 0. The zero-order chi connectivity index (χ0) is 13.7. The van der Waals surface area contributed by atoms with Gasteiger partial charge in [0, 0.05) is 12.6 Å². The maximum absolute atomic E-state index is 6.44. The third kappa shape index (κ3) is 4.32. The van der Waals surface area contributed by atoms with E-state index in [9.17, 15) is 0 Å². The van der Waals surface area contributed by atoms with Gasteiger partial charge in [0.1, 0.15) is 0 Å². The second-order valence-electron chi connectivity index (χ2n) is 6.03. The summed E-state index contributed by atoms with van der Waals surface area (Å²) in [6, 6.07) is 6.77. The molecule has 106 valence electrons. The standard InChI is InChI=1S/C17H28N2/c1-14-8-9-15(2)16(12-14)17(18)13-19-10-6-4-3-5-7-11-19/h8-9,12,17H,3-7,10-11,13,18H2,1-2H3. The molecule has 1 fully saturated rings. The maximum Gasteiger partial charge on any atom is 0.0427 e. The minimum Gasteiger partial charge on any atom is -0.323 e. The predicted molar refractivity (Wildman–Crippen MR) is 82.4 cm³/mol. The van der Waals surface area contributed by atoms with Gasteiger partial charge in [-0.05, 0) is 50.9 Å². The van der Waals surface area contributed by atoms with Crippen LogP contribution in [0.2, 0.25) is 0 Å². The van der Waals surface area contributed by atoms with E-state index in [0.29, 0.717) is 0 Å². The van der Waals surface area contributed by atoms with Gasteiger partial charge in [0.2, 0.25) is 0 Å². The molecule has 2 heteroatoms. The first-order chi connectivity index (χ1) is 9.16. The summed E-state index contributed by atoms with van der Waals surface area (Å²) in [7, 11) is 0. The van der Waals surface area contributed by atoms with Gasteiger partial charge in [-0.15, -0.1) is 0 Å². The van der Waals surface area contributed by atoms with Gasteiger partial charge in [-0.2, -0.15) is 0 Å². The number of nitrogens with zero attached hydrogens (tertiary/aromatic N) is 1. The number of aryl methyl sites for hydroxylation is 2. The second-order valence-corrected chi connectivity index (χ2v) is 6.03. The Morgan fingerprint density at radius 2 is 1.68 bits per heavy atom. The molecule has 1 aromatic rings. The number of rotatable bonds is 3. The van der Waals surface area contributed by atoms with Crippen LogP contribution >= 0.6 is 0 Å². The zero-order valence-electron chi connectivity index (χ0n) is 12.5. The summed E-state index contributed by atoms with van der Waals surface area (Å²) in [4.78, 5) is 2.56. The van der Waals surface area contributed by atoms with Crippen LogP contribution in [-0.2, 0) is 0 Å². The summed E-state index contributed by atoms with van der Waals surface area (Å²) in [5.74, 6) is 0. The van der Waals surface area contributed by atoms with Crippen LogP contribution in [0.3, 0.4) is 0 Å². The van der Waals surface area contributed by atoms with Gasteiger partial charge < -0.3 is 10.6 Å². The van der Waals surface area contributed by atoms with Crippen molar-refractivity contribution in [1.82, 2.24) is 4.90 Å². The minimum absolute atomic E-state index is 0.152. The molecule has 0 aliphatic carbocycles. The number of likely N-dealkylation sites (tertiary alicyclic amines) is 1. The Labute approximate surface area is 118 Å². The summed E-state index contributed by atoms with van der Waals surface area (Å²) in [5, 5.41) is 0. The largest absolute Gasteiger partial charge is 0.323 e. The third-order valence-corrected chi connectivity index (χ3v) is 4.24. The molecule has 19 heavy (non-hydrogen) atoms. The lowest BCUT2D eigenvalue weighted by molar-refractivity contribution is 0.234. The normalized spacial score (nSPS) is 19.7. The van der Waals surface area contributed by atoms with E-state index >= 15 is 0 Å². The summed E-state index contributed by atoms with van der Waals surface area (Å²) >= 11 is 0. The SMILES string of the molecule is Cc1ccc(C)c(C(N)CN2CCCCCCC2)c1. The number of hydrogen-bond acceptors (Lipinski definition) is 2. The molecule has 0 spiro atoms. The van der Waals surface area contributed by atoms with E-state index in [2.05, 4.69) is 36.9 Å². The van der Waals surface area contributed by atoms with Gasteiger partial charge in [-0.3, -0.25) is 0 Å². The first-order valence-corrected chi connectivity index (χ1v) is 7.72. The molecule has 2 rings (SSSR count). The van der Waals surface area contributed by atoms with Crippen molar-refractivity contribution >= 4 is 0 Å². The maximum atomic E-state index is 6.44. The van der Waals surface area contributed by atoms with Crippen molar-refractivity contribution in [3.8, 4) is 0 Å². The molecule has 2 nitrogen and oxygen atoms in total. The van der Waals surface area contributed by atoms with E-state index < -0.39 is 0 Å². The fourth-order valence-electron chi connectivity index (χ4n) is 3.03. The molecule has 1 atom stereocenters. The molecule has 2 N–H and O–H groups in total. The van der Waals surface area contributed by atoms with E-state index in [0.717, 1.165) is 6.54 Å². The third-order valence-electron chi connectivity index (χ3n) is 4.24. The Bertz CT molecular complexity index is 392.